The van der Waals surface area contributed by atoms with Gasteiger partial charge in [0.05, 0.1) is 30.4 Å². The van der Waals surface area contributed by atoms with Gasteiger partial charge in [0, 0.05) is 30.9 Å². The van der Waals surface area contributed by atoms with Gasteiger partial charge in [0.15, 0.2) is 5.76 Å². The molecule has 2 aliphatic heterocycles. The third-order valence-corrected chi connectivity index (χ3v) is 6.12. The van der Waals surface area contributed by atoms with E-state index in [0.29, 0.717) is 37.6 Å². The lowest BCUT2D eigenvalue weighted by Gasteiger charge is -2.43. The van der Waals surface area contributed by atoms with Crippen molar-refractivity contribution in [3.05, 3.63) is 71.0 Å². The maximum atomic E-state index is 10.2. The lowest BCUT2D eigenvalue weighted by molar-refractivity contribution is -0.147. The van der Waals surface area contributed by atoms with E-state index in [1.54, 1.807) is 23.3 Å². The molecule has 0 bridgehead atoms. The fourth-order valence-electron chi connectivity index (χ4n) is 4.22. The third-order valence-electron chi connectivity index (χ3n) is 6.12. The summed E-state index contributed by atoms with van der Waals surface area (Å²) in [4.78, 5) is 1.77. The van der Waals surface area contributed by atoms with E-state index in [1.807, 2.05) is 30.3 Å². The minimum absolute atomic E-state index is 0.162. The molecule has 4 rings (SSSR count). The molecule has 2 aromatic rings. The molecule has 0 aliphatic carbocycles. The fourth-order valence-corrected chi connectivity index (χ4v) is 4.22. The van der Waals surface area contributed by atoms with Crippen LogP contribution in [-0.2, 0) is 22.6 Å². The molecule has 0 aromatic heterocycles. The van der Waals surface area contributed by atoms with Gasteiger partial charge >= 0.3 is 0 Å². The number of aliphatic hydroxyl groups excluding tert-OH is 4. The van der Waals surface area contributed by atoms with Crippen LogP contribution in [0.15, 0.2) is 48.7 Å². The van der Waals surface area contributed by atoms with E-state index in [-0.39, 0.29) is 13.2 Å². The van der Waals surface area contributed by atoms with Gasteiger partial charge < -0.3 is 35.2 Å². The van der Waals surface area contributed by atoms with Gasteiger partial charge in [-0.05, 0) is 29.3 Å². The Hall–Kier alpha value is -3.13. The highest BCUT2D eigenvalue weighted by Gasteiger charge is 2.40. The van der Waals surface area contributed by atoms with Crippen LogP contribution in [0, 0.1) is 11.3 Å². The molecule has 0 spiro atoms. The van der Waals surface area contributed by atoms with Crippen LogP contribution in [0.4, 0.5) is 5.69 Å². The first-order valence-electron chi connectivity index (χ1n) is 11.2. The van der Waals surface area contributed by atoms with Gasteiger partial charge in [-0.3, -0.25) is 4.90 Å². The minimum atomic E-state index is -1.27. The van der Waals surface area contributed by atoms with E-state index in [1.165, 1.54) is 0 Å². The van der Waals surface area contributed by atoms with E-state index in [9.17, 15) is 25.7 Å². The lowest BCUT2D eigenvalue weighted by atomic mass is 9.93. The van der Waals surface area contributed by atoms with Crippen molar-refractivity contribution in [1.29, 1.82) is 5.26 Å². The number of ether oxygens (including phenoxy) is 2. The molecule has 2 aliphatic rings. The minimum Gasteiger partial charge on any atom is -0.494 e. The van der Waals surface area contributed by atoms with E-state index in [4.69, 9.17) is 9.47 Å². The second-order valence-electron chi connectivity index (χ2n) is 8.51. The smallest absolute Gasteiger partial charge is 0.161 e. The topological polar surface area (TPSA) is 138 Å². The Balaban J connectivity index is 1.40. The number of anilines is 1. The molecule has 0 amide bonds. The molecular weight excluding hydrogens is 438 g/mol. The number of likely N-dealkylation sites (tertiary alicyclic amines) is 1. The van der Waals surface area contributed by atoms with Crippen LogP contribution >= 0.6 is 0 Å². The summed E-state index contributed by atoms with van der Waals surface area (Å²) in [5.74, 6) is 0.595. The van der Waals surface area contributed by atoms with Crippen molar-refractivity contribution in [3.8, 4) is 6.07 Å². The van der Waals surface area contributed by atoms with Crippen molar-refractivity contribution in [2.75, 3.05) is 31.7 Å². The first kappa shape index (κ1) is 24.0. The zero-order chi connectivity index (χ0) is 24.1. The van der Waals surface area contributed by atoms with Crippen LogP contribution < -0.4 is 5.32 Å². The van der Waals surface area contributed by atoms with E-state index < -0.39 is 24.4 Å². The molecule has 5 N–H and O–H groups in total. The summed E-state index contributed by atoms with van der Waals surface area (Å²) in [5, 5.41) is 52.4. The first-order valence-corrected chi connectivity index (χ1v) is 11.2. The number of benzene rings is 2. The predicted octanol–water partition coefficient (Wildman–Crippen LogP) is 0.775. The summed E-state index contributed by atoms with van der Waals surface area (Å²) < 4.78 is 11.0. The van der Waals surface area contributed by atoms with Crippen molar-refractivity contribution in [2.24, 2.45) is 0 Å². The van der Waals surface area contributed by atoms with Crippen molar-refractivity contribution >= 4 is 11.4 Å². The number of nitrogens with one attached hydrogen (secondary N) is 1. The highest BCUT2D eigenvalue weighted by Crippen LogP contribution is 2.25. The predicted molar refractivity (Wildman–Crippen MR) is 124 cm³/mol. The largest absolute Gasteiger partial charge is 0.494 e. The number of nitriles is 1. The van der Waals surface area contributed by atoms with Crippen molar-refractivity contribution in [2.45, 2.75) is 37.4 Å². The molecular formula is C25H29N3O6. The number of hydrogen-bond donors (Lipinski definition) is 5. The van der Waals surface area contributed by atoms with Crippen molar-refractivity contribution < 1.29 is 29.9 Å². The fraction of sp³-hybridized carbons (Fsp3) is 0.400. The summed E-state index contributed by atoms with van der Waals surface area (Å²) in [6, 6.07) is 14.8. The molecule has 0 unspecified atom stereocenters. The average Bonchev–Trinajstić information content (AvgIpc) is 2.87. The Bertz CT molecular complexity index is 1050. The van der Waals surface area contributed by atoms with Gasteiger partial charge in [-0.2, -0.15) is 5.26 Å². The number of aliphatic hydroxyl groups is 4. The molecule has 1 fully saturated rings. The van der Waals surface area contributed by atoms with Crippen LogP contribution in [-0.4, -0.2) is 76.0 Å². The van der Waals surface area contributed by atoms with Crippen LogP contribution in [0.2, 0.25) is 0 Å². The first-order chi connectivity index (χ1) is 16.5. The lowest BCUT2D eigenvalue weighted by Crippen LogP contribution is -2.62. The van der Waals surface area contributed by atoms with Gasteiger partial charge in [-0.1, -0.05) is 24.3 Å². The molecule has 4 atom stereocenters. The van der Waals surface area contributed by atoms with Crippen molar-refractivity contribution in [3.63, 3.8) is 0 Å². The normalized spacial score (nSPS) is 25.0. The highest BCUT2D eigenvalue weighted by molar-refractivity contribution is 5.66. The number of β-amino-alcohol motifs (C(OH)–C–C–N with tert-alkyl or cyclic N) is 1. The Morgan fingerprint density at radius 3 is 2.47 bits per heavy atom. The van der Waals surface area contributed by atoms with Gasteiger partial charge in [0.2, 0.25) is 0 Å². The quantitative estimate of drug-likeness (QED) is 0.400. The highest BCUT2D eigenvalue weighted by atomic mass is 16.6. The van der Waals surface area contributed by atoms with E-state index >= 15 is 0 Å². The van der Waals surface area contributed by atoms with Gasteiger partial charge in [0.25, 0.3) is 0 Å². The summed E-state index contributed by atoms with van der Waals surface area (Å²) in [7, 11) is 0. The number of rotatable bonds is 7. The van der Waals surface area contributed by atoms with Crippen LogP contribution in [0.5, 0.6) is 0 Å². The summed E-state index contributed by atoms with van der Waals surface area (Å²) in [6.07, 6.45) is -2.00. The van der Waals surface area contributed by atoms with Crippen LogP contribution in [0.1, 0.15) is 22.3 Å². The number of nitrogens with zero attached hydrogens (tertiary/aromatic N) is 2. The molecule has 0 radical (unpaired) electrons. The molecule has 0 saturated carbocycles. The van der Waals surface area contributed by atoms with Crippen LogP contribution in [0.3, 0.4) is 0 Å². The van der Waals surface area contributed by atoms with Crippen molar-refractivity contribution in [1.82, 2.24) is 4.90 Å². The Labute approximate surface area is 198 Å². The number of piperidine rings is 1. The van der Waals surface area contributed by atoms with E-state index in [0.717, 1.165) is 22.4 Å². The molecule has 2 aromatic carbocycles. The van der Waals surface area contributed by atoms with Gasteiger partial charge in [-0.25, -0.2) is 0 Å². The second kappa shape index (κ2) is 10.9. The summed E-state index contributed by atoms with van der Waals surface area (Å²) in [5.41, 5.74) is 4.05. The maximum Gasteiger partial charge on any atom is 0.161 e. The van der Waals surface area contributed by atoms with Gasteiger partial charge in [0.1, 0.15) is 31.7 Å². The summed E-state index contributed by atoms with van der Waals surface area (Å²) in [6.45, 7) is 1.78. The van der Waals surface area contributed by atoms with Gasteiger partial charge in [-0.15, -0.1) is 0 Å². The molecule has 9 heteroatoms. The monoisotopic (exact) mass is 467 g/mol. The second-order valence-corrected chi connectivity index (χ2v) is 8.51. The molecule has 1 saturated heterocycles. The number of hydrogen-bond acceptors (Lipinski definition) is 9. The third kappa shape index (κ3) is 5.50. The zero-order valence-corrected chi connectivity index (χ0v) is 18.7. The standard InChI is InChI=1S/C25H29N3O6/c26-10-18-7-19(23-15-33-5-6-34-23)9-20(8-18)27-11-16-1-3-17(4-2-16)12-28-13-22(30)25(32)24(31)21(28)14-29/h1-4,7-9,15,21-22,24-25,27,29-32H,5-6,11-14H2/t21-,22+,24-,25-/m1/s1. The van der Waals surface area contributed by atoms with E-state index in [2.05, 4.69) is 11.4 Å². The van der Waals surface area contributed by atoms with Crippen LogP contribution in [0.25, 0.3) is 5.76 Å². The Morgan fingerprint density at radius 2 is 1.79 bits per heavy atom. The Morgan fingerprint density at radius 1 is 1.03 bits per heavy atom. The molecule has 180 valence electrons. The average molecular weight is 468 g/mol. The Kier molecular flexibility index (Phi) is 7.67. The molecule has 9 nitrogen and oxygen atoms in total. The molecule has 34 heavy (non-hydrogen) atoms. The maximum absolute atomic E-state index is 10.2. The SMILES string of the molecule is N#Cc1cc(NCc2ccc(CN3C[C@H](O)[C@@H](O)[C@H](O)[C@H]3CO)cc2)cc(C2=COCCO2)c1. The summed E-state index contributed by atoms with van der Waals surface area (Å²) >= 11 is 0. The molecule has 2 heterocycles. The zero-order valence-electron chi connectivity index (χ0n) is 18.7.